The van der Waals surface area contributed by atoms with E-state index in [2.05, 4.69) is 0 Å². The number of hydrogen-bond acceptors (Lipinski definition) is 6. The predicted molar refractivity (Wildman–Crippen MR) is 128 cm³/mol. The third-order valence-corrected chi connectivity index (χ3v) is 6.50. The maximum absolute atomic E-state index is 13.7. The molecular weight excluding hydrogens is 456 g/mol. The second-order valence-electron chi connectivity index (χ2n) is 8.25. The van der Waals surface area contributed by atoms with E-state index in [1.54, 1.807) is 67.8 Å². The molecule has 2 fully saturated rings. The standard InChI is InChI=1S/C26H23ClN2O5/c1-15-4-8-17(9-5-15)28-25(30)22-23(20-13-12-19(32-2)14-21(20)33-3)29(34-24(22)26(28)31)18-10-6-16(27)7-11-18/h4-14,22-24H,1-3H3/t22-,23-,24-/m0/s1. The summed E-state index contributed by atoms with van der Waals surface area (Å²) in [5, 5.41) is 2.18. The Balaban J connectivity index is 1.62. The van der Waals surface area contributed by atoms with Crippen molar-refractivity contribution in [3.05, 3.63) is 82.9 Å². The van der Waals surface area contributed by atoms with Gasteiger partial charge in [0, 0.05) is 16.7 Å². The first kappa shape index (κ1) is 22.3. The third-order valence-electron chi connectivity index (χ3n) is 6.25. The number of methoxy groups -OCH3 is 2. The first-order chi connectivity index (χ1) is 16.4. The second kappa shape index (κ2) is 8.66. The lowest BCUT2D eigenvalue weighted by atomic mass is 9.90. The first-order valence-electron chi connectivity index (χ1n) is 10.8. The van der Waals surface area contributed by atoms with Crippen LogP contribution < -0.4 is 19.4 Å². The Morgan fingerprint density at radius 3 is 2.18 bits per heavy atom. The highest BCUT2D eigenvalue weighted by atomic mass is 35.5. The summed E-state index contributed by atoms with van der Waals surface area (Å²) in [4.78, 5) is 34.6. The van der Waals surface area contributed by atoms with Crippen LogP contribution in [-0.4, -0.2) is 32.1 Å². The molecule has 0 saturated carbocycles. The largest absolute Gasteiger partial charge is 0.497 e. The molecule has 2 heterocycles. The van der Waals surface area contributed by atoms with Crippen molar-refractivity contribution in [2.75, 3.05) is 24.2 Å². The van der Waals surface area contributed by atoms with Gasteiger partial charge in [-0.25, -0.2) is 9.96 Å². The molecule has 3 aromatic carbocycles. The average molecular weight is 479 g/mol. The Morgan fingerprint density at radius 1 is 0.853 bits per heavy atom. The monoisotopic (exact) mass is 478 g/mol. The summed E-state index contributed by atoms with van der Waals surface area (Å²) in [6.07, 6.45) is -0.971. The molecule has 0 radical (unpaired) electrons. The van der Waals surface area contributed by atoms with Gasteiger partial charge in [0.25, 0.3) is 5.91 Å². The molecule has 34 heavy (non-hydrogen) atoms. The fraction of sp³-hybridized carbons (Fsp3) is 0.231. The van der Waals surface area contributed by atoms with E-state index < -0.39 is 24.0 Å². The van der Waals surface area contributed by atoms with Crippen LogP contribution in [-0.2, 0) is 14.4 Å². The molecule has 0 bridgehead atoms. The zero-order chi connectivity index (χ0) is 24.0. The van der Waals surface area contributed by atoms with Gasteiger partial charge in [-0.2, -0.15) is 0 Å². The fourth-order valence-corrected chi connectivity index (χ4v) is 4.68. The zero-order valence-electron chi connectivity index (χ0n) is 18.9. The molecule has 3 aromatic rings. The van der Waals surface area contributed by atoms with E-state index in [-0.39, 0.29) is 5.91 Å². The molecule has 2 amide bonds. The molecule has 7 nitrogen and oxygen atoms in total. The van der Waals surface area contributed by atoms with Crippen LogP contribution in [0, 0.1) is 12.8 Å². The van der Waals surface area contributed by atoms with E-state index in [1.807, 2.05) is 25.1 Å². The number of rotatable bonds is 5. The van der Waals surface area contributed by atoms with E-state index in [9.17, 15) is 9.59 Å². The van der Waals surface area contributed by atoms with Crippen molar-refractivity contribution in [3.8, 4) is 11.5 Å². The number of carbonyl (C=O) groups excluding carboxylic acids is 2. The lowest BCUT2D eigenvalue weighted by molar-refractivity contribution is -0.126. The molecule has 2 aliphatic heterocycles. The van der Waals surface area contributed by atoms with Gasteiger partial charge in [0.15, 0.2) is 6.10 Å². The number of nitrogens with zero attached hydrogens (tertiary/aromatic N) is 2. The number of ether oxygens (including phenoxy) is 2. The number of fused-ring (bicyclic) bond motifs is 1. The SMILES string of the molecule is COc1ccc([C@H]2[C@@H]3C(=O)N(c4ccc(C)cc4)C(=O)[C@H]3ON2c2ccc(Cl)cc2)c(OC)c1. The van der Waals surface area contributed by atoms with Gasteiger partial charge in [0.2, 0.25) is 5.91 Å². The van der Waals surface area contributed by atoms with Crippen molar-refractivity contribution in [3.63, 3.8) is 0 Å². The Morgan fingerprint density at radius 2 is 1.53 bits per heavy atom. The van der Waals surface area contributed by atoms with E-state index in [0.29, 0.717) is 33.5 Å². The van der Waals surface area contributed by atoms with E-state index in [0.717, 1.165) is 5.56 Å². The fourth-order valence-electron chi connectivity index (χ4n) is 4.55. The van der Waals surface area contributed by atoms with Gasteiger partial charge in [0.1, 0.15) is 17.4 Å². The van der Waals surface area contributed by atoms with E-state index >= 15 is 0 Å². The van der Waals surface area contributed by atoms with Crippen LogP contribution >= 0.6 is 11.6 Å². The molecule has 2 aliphatic rings. The van der Waals surface area contributed by atoms with Crippen LogP contribution in [0.3, 0.4) is 0 Å². The highest BCUT2D eigenvalue weighted by molar-refractivity contribution is 6.30. The predicted octanol–water partition coefficient (Wildman–Crippen LogP) is 4.72. The second-order valence-corrected chi connectivity index (χ2v) is 8.69. The molecule has 0 aliphatic carbocycles. The number of carbonyl (C=O) groups is 2. The molecule has 5 rings (SSSR count). The van der Waals surface area contributed by atoms with Crippen molar-refractivity contribution < 1.29 is 23.9 Å². The lowest BCUT2D eigenvalue weighted by Crippen LogP contribution is -2.37. The number of aryl methyl sites for hydroxylation is 1. The third kappa shape index (κ3) is 3.57. The number of benzene rings is 3. The van der Waals surface area contributed by atoms with Crippen LogP contribution in [0.15, 0.2) is 66.7 Å². The highest BCUT2D eigenvalue weighted by Gasteiger charge is 2.60. The molecule has 3 atom stereocenters. The van der Waals surface area contributed by atoms with Gasteiger partial charge in [-0.1, -0.05) is 29.3 Å². The van der Waals surface area contributed by atoms with Crippen LogP contribution in [0.4, 0.5) is 11.4 Å². The minimum atomic E-state index is -0.971. The number of halogens is 1. The summed E-state index contributed by atoms with van der Waals surface area (Å²) < 4.78 is 11.0. The van der Waals surface area contributed by atoms with Crippen molar-refractivity contribution in [1.29, 1.82) is 0 Å². The van der Waals surface area contributed by atoms with Crippen molar-refractivity contribution in [2.45, 2.75) is 19.1 Å². The Bertz CT molecular complexity index is 1250. The van der Waals surface area contributed by atoms with Gasteiger partial charge in [-0.15, -0.1) is 0 Å². The first-order valence-corrected chi connectivity index (χ1v) is 11.2. The number of hydroxylamine groups is 1. The Labute approximate surface area is 202 Å². The van der Waals surface area contributed by atoms with Gasteiger partial charge in [-0.05, 0) is 55.5 Å². The maximum atomic E-state index is 13.7. The molecule has 8 heteroatoms. The summed E-state index contributed by atoms with van der Waals surface area (Å²) in [6, 6.07) is 19.1. The quantitative estimate of drug-likeness (QED) is 0.494. The molecule has 174 valence electrons. The number of hydrogen-bond donors (Lipinski definition) is 0. The molecule has 0 aromatic heterocycles. The van der Waals surface area contributed by atoms with Crippen molar-refractivity contribution >= 4 is 34.8 Å². The van der Waals surface area contributed by atoms with E-state index in [4.69, 9.17) is 25.9 Å². The topological polar surface area (TPSA) is 68.3 Å². The number of imide groups is 1. The minimum absolute atomic E-state index is 0.321. The average Bonchev–Trinajstić information content (AvgIpc) is 3.35. The summed E-state index contributed by atoms with van der Waals surface area (Å²) in [5.74, 6) is -0.344. The number of anilines is 2. The molecule has 0 N–H and O–H groups in total. The molecule has 2 saturated heterocycles. The Kier molecular flexibility index (Phi) is 5.67. The lowest BCUT2D eigenvalue weighted by Gasteiger charge is -2.29. The van der Waals surface area contributed by atoms with Crippen molar-refractivity contribution in [1.82, 2.24) is 0 Å². The number of amides is 2. The minimum Gasteiger partial charge on any atom is -0.497 e. The maximum Gasteiger partial charge on any atom is 0.266 e. The summed E-state index contributed by atoms with van der Waals surface area (Å²) in [7, 11) is 3.13. The summed E-state index contributed by atoms with van der Waals surface area (Å²) in [5.41, 5.74) is 2.94. The van der Waals surface area contributed by atoms with Crippen LogP contribution in [0.1, 0.15) is 17.2 Å². The van der Waals surface area contributed by atoms with Gasteiger partial charge in [-0.3, -0.25) is 14.4 Å². The van der Waals surface area contributed by atoms with Gasteiger partial charge < -0.3 is 9.47 Å². The van der Waals surface area contributed by atoms with Crippen LogP contribution in [0.5, 0.6) is 11.5 Å². The van der Waals surface area contributed by atoms with Gasteiger partial charge >= 0.3 is 0 Å². The molecule has 0 spiro atoms. The summed E-state index contributed by atoms with van der Waals surface area (Å²) in [6.45, 7) is 1.95. The molecule has 0 unspecified atom stereocenters. The van der Waals surface area contributed by atoms with Crippen molar-refractivity contribution in [2.24, 2.45) is 5.92 Å². The molecular formula is C26H23ClN2O5. The van der Waals surface area contributed by atoms with Gasteiger partial charge in [0.05, 0.1) is 31.6 Å². The normalized spacial score (nSPS) is 21.7. The van der Waals surface area contributed by atoms with Crippen LogP contribution in [0.2, 0.25) is 5.02 Å². The van der Waals surface area contributed by atoms with E-state index in [1.165, 1.54) is 4.90 Å². The highest BCUT2D eigenvalue weighted by Crippen LogP contribution is 2.50. The summed E-state index contributed by atoms with van der Waals surface area (Å²) >= 11 is 6.08. The Hall–Kier alpha value is -3.55. The van der Waals surface area contributed by atoms with Crippen LogP contribution in [0.25, 0.3) is 0 Å². The zero-order valence-corrected chi connectivity index (χ0v) is 19.7. The smallest absolute Gasteiger partial charge is 0.266 e.